The fourth-order valence-electron chi connectivity index (χ4n) is 2.69. The highest BCUT2D eigenvalue weighted by Crippen LogP contribution is 2.21. The Morgan fingerprint density at radius 1 is 1.11 bits per heavy atom. The molecule has 0 bridgehead atoms. The fourth-order valence-corrected chi connectivity index (χ4v) is 2.69. The fraction of sp³-hybridized carbons (Fsp3) is 0.238. The Kier molecular flexibility index (Phi) is 5.76. The van der Waals surface area contributed by atoms with Crippen molar-refractivity contribution in [2.75, 3.05) is 7.05 Å². The molecular formula is C21H23N3O3. The summed E-state index contributed by atoms with van der Waals surface area (Å²) in [6.07, 6.45) is 0. The summed E-state index contributed by atoms with van der Waals surface area (Å²) in [4.78, 5) is 14.0. The number of benzene rings is 2. The summed E-state index contributed by atoms with van der Waals surface area (Å²) in [7, 11) is 1.75. The van der Waals surface area contributed by atoms with Gasteiger partial charge in [-0.05, 0) is 43.7 Å². The van der Waals surface area contributed by atoms with Crippen LogP contribution in [0.2, 0.25) is 0 Å². The van der Waals surface area contributed by atoms with Crippen LogP contribution < -0.4 is 10.1 Å². The van der Waals surface area contributed by atoms with Gasteiger partial charge in [0.25, 0.3) is 0 Å². The van der Waals surface area contributed by atoms with Gasteiger partial charge in [-0.2, -0.15) is 0 Å². The Bertz CT molecular complexity index is 887. The zero-order valence-electron chi connectivity index (χ0n) is 15.7. The van der Waals surface area contributed by atoms with Crippen LogP contribution in [-0.4, -0.2) is 23.1 Å². The molecule has 0 fully saturated rings. The first-order valence-corrected chi connectivity index (χ1v) is 8.75. The number of amides is 2. The molecule has 1 aromatic heterocycles. The molecule has 0 unspecified atom stereocenters. The van der Waals surface area contributed by atoms with Gasteiger partial charge in [0.1, 0.15) is 17.3 Å². The van der Waals surface area contributed by atoms with Gasteiger partial charge in [0.05, 0.1) is 12.2 Å². The van der Waals surface area contributed by atoms with E-state index in [-0.39, 0.29) is 6.03 Å². The minimum absolute atomic E-state index is 0.163. The summed E-state index contributed by atoms with van der Waals surface area (Å²) in [6, 6.07) is 17.1. The number of aryl methyl sites for hydroxylation is 2. The highest BCUT2D eigenvalue weighted by atomic mass is 16.5. The maximum absolute atomic E-state index is 12.4. The number of rotatable bonds is 6. The first-order chi connectivity index (χ1) is 13.0. The molecule has 0 aliphatic rings. The molecule has 1 N–H and O–H groups in total. The molecule has 0 saturated heterocycles. The van der Waals surface area contributed by atoms with E-state index in [2.05, 4.69) is 10.5 Å². The number of carbonyl (C=O) groups is 1. The molecule has 27 heavy (non-hydrogen) atoms. The van der Waals surface area contributed by atoms with Crippen LogP contribution in [0.4, 0.5) is 4.79 Å². The third-order valence-electron chi connectivity index (χ3n) is 4.24. The molecule has 2 aromatic carbocycles. The van der Waals surface area contributed by atoms with Crippen molar-refractivity contribution >= 4 is 6.03 Å². The van der Waals surface area contributed by atoms with Crippen LogP contribution in [0.5, 0.6) is 11.5 Å². The highest BCUT2D eigenvalue weighted by Gasteiger charge is 2.15. The molecule has 0 aliphatic carbocycles. The number of para-hydroxylation sites is 1. The molecule has 0 saturated carbocycles. The zero-order valence-corrected chi connectivity index (χ0v) is 15.7. The van der Waals surface area contributed by atoms with Gasteiger partial charge in [-0.25, -0.2) is 4.79 Å². The van der Waals surface area contributed by atoms with E-state index >= 15 is 0 Å². The summed E-state index contributed by atoms with van der Waals surface area (Å²) in [5, 5.41) is 6.84. The standard InChI is InChI=1S/C21H23N3O3/c1-15-20(16(2)27-23-15)14-24(3)21(25)22-13-17-8-7-11-19(12-17)26-18-9-5-4-6-10-18/h4-12H,13-14H2,1-3H3,(H,22,25). The lowest BCUT2D eigenvalue weighted by atomic mass is 10.2. The maximum atomic E-state index is 12.4. The summed E-state index contributed by atoms with van der Waals surface area (Å²) in [5.41, 5.74) is 2.70. The Balaban J connectivity index is 1.56. The van der Waals surface area contributed by atoms with Gasteiger partial charge in [0.2, 0.25) is 0 Å². The predicted molar refractivity (Wildman–Crippen MR) is 103 cm³/mol. The summed E-state index contributed by atoms with van der Waals surface area (Å²) in [5.74, 6) is 2.24. The van der Waals surface area contributed by atoms with E-state index < -0.39 is 0 Å². The molecule has 3 aromatic rings. The number of hydrogen-bond acceptors (Lipinski definition) is 4. The number of carbonyl (C=O) groups excluding carboxylic acids is 1. The predicted octanol–water partition coefficient (Wildman–Crippen LogP) is 4.43. The third kappa shape index (κ3) is 4.88. The Hall–Kier alpha value is -3.28. The van der Waals surface area contributed by atoms with Crippen molar-refractivity contribution in [1.29, 1.82) is 0 Å². The molecule has 0 aliphatic heterocycles. The van der Waals surface area contributed by atoms with E-state index in [1.807, 2.05) is 68.4 Å². The molecule has 6 nitrogen and oxygen atoms in total. The average Bonchev–Trinajstić information content (AvgIpc) is 2.99. The van der Waals surface area contributed by atoms with E-state index in [0.717, 1.165) is 34.1 Å². The number of hydrogen-bond donors (Lipinski definition) is 1. The summed E-state index contributed by atoms with van der Waals surface area (Å²) in [6.45, 7) is 4.58. The van der Waals surface area contributed by atoms with Crippen LogP contribution in [0.15, 0.2) is 59.1 Å². The van der Waals surface area contributed by atoms with Crippen molar-refractivity contribution in [3.05, 3.63) is 77.2 Å². The second-order valence-electron chi connectivity index (χ2n) is 6.38. The van der Waals surface area contributed by atoms with Gasteiger partial charge >= 0.3 is 6.03 Å². The van der Waals surface area contributed by atoms with E-state index in [1.165, 1.54) is 0 Å². The van der Waals surface area contributed by atoms with Gasteiger partial charge in [-0.1, -0.05) is 35.5 Å². The smallest absolute Gasteiger partial charge is 0.317 e. The lowest BCUT2D eigenvalue weighted by Crippen LogP contribution is -2.36. The van der Waals surface area contributed by atoms with E-state index in [4.69, 9.17) is 9.26 Å². The van der Waals surface area contributed by atoms with Gasteiger partial charge in [0.15, 0.2) is 0 Å². The lowest BCUT2D eigenvalue weighted by molar-refractivity contribution is 0.206. The SMILES string of the molecule is Cc1noc(C)c1CN(C)C(=O)NCc1cccc(Oc2ccccc2)c1. The van der Waals surface area contributed by atoms with Gasteiger partial charge in [0, 0.05) is 19.2 Å². The van der Waals surface area contributed by atoms with Gasteiger partial charge in [-0.15, -0.1) is 0 Å². The van der Waals surface area contributed by atoms with Crippen molar-refractivity contribution in [3.8, 4) is 11.5 Å². The van der Waals surface area contributed by atoms with E-state index in [1.54, 1.807) is 11.9 Å². The van der Waals surface area contributed by atoms with E-state index in [9.17, 15) is 4.79 Å². The van der Waals surface area contributed by atoms with Crippen LogP contribution in [0.1, 0.15) is 22.6 Å². The number of nitrogens with one attached hydrogen (secondary N) is 1. The molecule has 2 amide bonds. The second-order valence-corrected chi connectivity index (χ2v) is 6.38. The molecule has 6 heteroatoms. The topological polar surface area (TPSA) is 67.6 Å². The number of ether oxygens (including phenoxy) is 1. The van der Waals surface area contributed by atoms with Crippen LogP contribution in [-0.2, 0) is 13.1 Å². The minimum Gasteiger partial charge on any atom is -0.457 e. The summed E-state index contributed by atoms with van der Waals surface area (Å²) >= 11 is 0. The molecule has 0 spiro atoms. The minimum atomic E-state index is -0.163. The third-order valence-corrected chi connectivity index (χ3v) is 4.24. The van der Waals surface area contributed by atoms with Crippen molar-refractivity contribution < 1.29 is 14.1 Å². The Morgan fingerprint density at radius 3 is 2.56 bits per heavy atom. The Labute approximate surface area is 158 Å². The molecule has 3 rings (SSSR count). The van der Waals surface area contributed by atoms with E-state index in [0.29, 0.717) is 13.1 Å². The van der Waals surface area contributed by atoms with Crippen LogP contribution in [0, 0.1) is 13.8 Å². The van der Waals surface area contributed by atoms with Crippen LogP contribution in [0.25, 0.3) is 0 Å². The van der Waals surface area contributed by atoms with Crippen LogP contribution in [0.3, 0.4) is 0 Å². The Morgan fingerprint density at radius 2 is 1.85 bits per heavy atom. The number of urea groups is 1. The maximum Gasteiger partial charge on any atom is 0.317 e. The quantitative estimate of drug-likeness (QED) is 0.702. The largest absolute Gasteiger partial charge is 0.457 e. The molecular weight excluding hydrogens is 342 g/mol. The average molecular weight is 365 g/mol. The molecule has 1 heterocycles. The molecule has 140 valence electrons. The molecule has 0 radical (unpaired) electrons. The first-order valence-electron chi connectivity index (χ1n) is 8.75. The van der Waals surface area contributed by atoms with Crippen molar-refractivity contribution in [2.45, 2.75) is 26.9 Å². The zero-order chi connectivity index (χ0) is 19.2. The number of nitrogens with zero attached hydrogens (tertiary/aromatic N) is 2. The van der Waals surface area contributed by atoms with Crippen molar-refractivity contribution in [3.63, 3.8) is 0 Å². The van der Waals surface area contributed by atoms with Gasteiger partial charge in [-0.3, -0.25) is 0 Å². The normalized spacial score (nSPS) is 10.5. The van der Waals surface area contributed by atoms with Gasteiger partial charge < -0.3 is 19.5 Å². The molecule has 0 atom stereocenters. The lowest BCUT2D eigenvalue weighted by Gasteiger charge is -2.18. The van der Waals surface area contributed by atoms with Crippen molar-refractivity contribution in [1.82, 2.24) is 15.4 Å². The monoisotopic (exact) mass is 365 g/mol. The highest BCUT2D eigenvalue weighted by molar-refractivity contribution is 5.73. The second kappa shape index (κ2) is 8.40. The summed E-state index contributed by atoms with van der Waals surface area (Å²) < 4.78 is 11.0. The van der Waals surface area contributed by atoms with Crippen LogP contribution >= 0.6 is 0 Å². The van der Waals surface area contributed by atoms with Crippen molar-refractivity contribution in [2.24, 2.45) is 0 Å². The first kappa shape index (κ1) is 18.5. The number of aromatic nitrogens is 1.